The summed E-state index contributed by atoms with van der Waals surface area (Å²) in [6.07, 6.45) is 3.07. The molecule has 5 nitrogen and oxygen atoms in total. The van der Waals surface area contributed by atoms with Gasteiger partial charge in [0.25, 0.3) is 5.91 Å². The van der Waals surface area contributed by atoms with E-state index in [2.05, 4.69) is 26.3 Å². The van der Waals surface area contributed by atoms with E-state index in [0.717, 1.165) is 10.2 Å². The third-order valence-corrected chi connectivity index (χ3v) is 3.92. The largest absolute Gasteiger partial charge is 0.326 e. The molecule has 1 amide bonds. The van der Waals surface area contributed by atoms with Crippen LogP contribution in [-0.4, -0.2) is 15.7 Å². The summed E-state index contributed by atoms with van der Waals surface area (Å²) in [6, 6.07) is 11.7. The van der Waals surface area contributed by atoms with Crippen LogP contribution in [-0.2, 0) is 6.54 Å². The molecular weight excluding hydrogens is 375 g/mol. The lowest BCUT2D eigenvalue weighted by atomic mass is 10.2. The second-order valence-corrected chi connectivity index (χ2v) is 6.07. The molecule has 2 aromatic carbocycles. The quantitative estimate of drug-likeness (QED) is 0.718. The maximum absolute atomic E-state index is 13.5. The molecule has 122 valence electrons. The first-order valence-corrected chi connectivity index (χ1v) is 7.96. The van der Waals surface area contributed by atoms with Gasteiger partial charge in [0.2, 0.25) is 0 Å². The number of carbonyl (C=O) groups excluding carboxylic acids is 1. The van der Waals surface area contributed by atoms with E-state index in [0.29, 0.717) is 16.8 Å². The SMILES string of the molecule is NCc1cc(F)cc(NC(=O)c2cnn(-c3ccc(Br)cc3)c2)c1. The molecule has 0 saturated carbocycles. The molecule has 0 aliphatic heterocycles. The van der Waals surface area contributed by atoms with Crippen molar-refractivity contribution in [2.24, 2.45) is 5.73 Å². The van der Waals surface area contributed by atoms with E-state index in [1.807, 2.05) is 24.3 Å². The van der Waals surface area contributed by atoms with Crippen molar-refractivity contribution in [1.29, 1.82) is 0 Å². The second-order valence-electron chi connectivity index (χ2n) is 5.16. The Morgan fingerprint density at radius 2 is 2.00 bits per heavy atom. The molecule has 0 unspecified atom stereocenters. The fourth-order valence-electron chi connectivity index (χ4n) is 2.22. The van der Waals surface area contributed by atoms with Gasteiger partial charge in [-0.2, -0.15) is 5.10 Å². The average molecular weight is 389 g/mol. The number of halogens is 2. The summed E-state index contributed by atoms with van der Waals surface area (Å²) in [7, 11) is 0. The molecular formula is C17H14BrFN4O. The Hall–Kier alpha value is -2.51. The van der Waals surface area contributed by atoms with Crippen LogP contribution in [0.1, 0.15) is 15.9 Å². The van der Waals surface area contributed by atoms with Gasteiger partial charge in [-0.3, -0.25) is 4.79 Å². The van der Waals surface area contributed by atoms with Gasteiger partial charge in [0.15, 0.2) is 0 Å². The Kier molecular flexibility index (Phi) is 4.73. The molecule has 1 aromatic heterocycles. The number of hydrogen-bond acceptors (Lipinski definition) is 3. The van der Waals surface area contributed by atoms with Gasteiger partial charge in [0, 0.05) is 22.9 Å². The summed E-state index contributed by atoms with van der Waals surface area (Å²) in [6.45, 7) is 0.197. The maximum atomic E-state index is 13.5. The molecule has 0 saturated heterocycles. The molecule has 0 aliphatic rings. The number of anilines is 1. The van der Waals surface area contributed by atoms with Crippen molar-refractivity contribution < 1.29 is 9.18 Å². The highest BCUT2D eigenvalue weighted by Crippen LogP contribution is 2.17. The van der Waals surface area contributed by atoms with E-state index >= 15 is 0 Å². The fraction of sp³-hybridized carbons (Fsp3) is 0.0588. The topological polar surface area (TPSA) is 72.9 Å². The predicted molar refractivity (Wildman–Crippen MR) is 93.5 cm³/mol. The lowest BCUT2D eigenvalue weighted by molar-refractivity contribution is 0.102. The van der Waals surface area contributed by atoms with Crippen molar-refractivity contribution in [3.05, 3.63) is 76.3 Å². The normalized spacial score (nSPS) is 10.6. The number of rotatable bonds is 4. The third kappa shape index (κ3) is 3.69. The fourth-order valence-corrected chi connectivity index (χ4v) is 2.48. The number of nitrogens with two attached hydrogens (primary N) is 1. The predicted octanol–water partition coefficient (Wildman–Crippen LogP) is 3.48. The molecule has 0 radical (unpaired) electrons. The van der Waals surface area contributed by atoms with Crippen LogP contribution in [0.15, 0.2) is 59.3 Å². The van der Waals surface area contributed by atoms with Crippen LogP contribution >= 0.6 is 15.9 Å². The molecule has 1 heterocycles. The van der Waals surface area contributed by atoms with Gasteiger partial charge >= 0.3 is 0 Å². The Morgan fingerprint density at radius 3 is 2.71 bits per heavy atom. The standard InChI is InChI=1S/C17H14BrFN4O/c18-13-1-3-16(4-2-13)23-10-12(9-21-23)17(24)22-15-6-11(8-20)5-14(19)7-15/h1-7,9-10H,8,20H2,(H,22,24). The van der Waals surface area contributed by atoms with Gasteiger partial charge in [0.1, 0.15) is 5.82 Å². The van der Waals surface area contributed by atoms with Gasteiger partial charge in [-0.15, -0.1) is 0 Å². The van der Waals surface area contributed by atoms with E-state index in [9.17, 15) is 9.18 Å². The first-order chi connectivity index (χ1) is 11.5. The third-order valence-electron chi connectivity index (χ3n) is 3.39. The number of nitrogens with zero attached hydrogens (tertiary/aromatic N) is 2. The van der Waals surface area contributed by atoms with Crippen LogP contribution in [0.2, 0.25) is 0 Å². The van der Waals surface area contributed by atoms with Crippen LogP contribution in [0.25, 0.3) is 5.69 Å². The summed E-state index contributed by atoms with van der Waals surface area (Å²) in [4.78, 5) is 12.3. The number of amides is 1. The molecule has 0 fully saturated rings. The molecule has 0 bridgehead atoms. The van der Waals surface area contributed by atoms with Crippen LogP contribution in [0, 0.1) is 5.82 Å². The van der Waals surface area contributed by atoms with Crippen LogP contribution in [0.3, 0.4) is 0 Å². The Balaban J connectivity index is 1.79. The van der Waals surface area contributed by atoms with Crippen molar-refractivity contribution in [1.82, 2.24) is 9.78 Å². The minimum Gasteiger partial charge on any atom is -0.326 e. The lowest BCUT2D eigenvalue weighted by Gasteiger charge is -2.06. The Labute approximate surface area is 146 Å². The molecule has 3 N–H and O–H groups in total. The molecule has 24 heavy (non-hydrogen) atoms. The smallest absolute Gasteiger partial charge is 0.258 e. The zero-order valence-corrected chi connectivity index (χ0v) is 14.1. The van der Waals surface area contributed by atoms with E-state index < -0.39 is 5.82 Å². The minimum atomic E-state index is -0.446. The van der Waals surface area contributed by atoms with Gasteiger partial charge in [-0.1, -0.05) is 15.9 Å². The molecule has 3 aromatic rings. The first kappa shape index (κ1) is 16.4. The van der Waals surface area contributed by atoms with Crippen molar-refractivity contribution in [3.8, 4) is 5.69 Å². The Bertz CT molecular complexity index is 877. The van der Waals surface area contributed by atoms with Gasteiger partial charge < -0.3 is 11.1 Å². The summed E-state index contributed by atoms with van der Waals surface area (Å²) in [5.74, 6) is -0.814. The zero-order valence-electron chi connectivity index (χ0n) is 12.5. The lowest BCUT2D eigenvalue weighted by Crippen LogP contribution is -2.12. The highest BCUT2D eigenvalue weighted by molar-refractivity contribution is 9.10. The monoisotopic (exact) mass is 388 g/mol. The van der Waals surface area contributed by atoms with Crippen molar-refractivity contribution in [2.75, 3.05) is 5.32 Å². The maximum Gasteiger partial charge on any atom is 0.258 e. The van der Waals surface area contributed by atoms with Gasteiger partial charge in [-0.25, -0.2) is 9.07 Å². The highest BCUT2D eigenvalue weighted by atomic mass is 79.9. The van der Waals surface area contributed by atoms with Crippen LogP contribution < -0.4 is 11.1 Å². The number of aromatic nitrogens is 2. The van der Waals surface area contributed by atoms with Crippen LogP contribution in [0.5, 0.6) is 0 Å². The average Bonchev–Trinajstić information content (AvgIpc) is 3.05. The van der Waals surface area contributed by atoms with E-state index in [-0.39, 0.29) is 12.5 Å². The summed E-state index contributed by atoms with van der Waals surface area (Å²) < 4.78 is 16.1. The number of hydrogen-bond donors (Lipinski definition) is 2. The molecule has 7 heteroatoms. The van der Waals surface area contributed by atoms with Gasteiger partial charge in [-0.05, 0) is 48.0 Å². The molecule has 0 aliphatic carbocycles. The minimum absolute atomic E-state index is 0.197. The summed E-state index contributed by atoms with van der Waals surface area (Å²) >= 11 is 3.37. The second kappa shape index (κ2) is 6.94. The zero-order chi connectivity index (χ0) is 17.1. The molecule has 3 rings (SSSR count). The number of benzene rings is 2. The number of carbonyl (C=O) groups is 1. The van der Waals surface area contributed by atoms with E-state index in [4.69, 9.17) is 5.73 Å². The van der Waals surface area contributed by atoms with Crippen molar-refractivity contribution in [3.63, 3.8) is 0 Å². The van der Waals surface area contributed by atoms with E-state index in [1.54, 1.807) is 16.9 Å². The first-order valence-electron chi connectivity index (χ1n) is 7.16. The molecule has 0 spiro atoms. The number of nitrogens with one attached hydrogen (secondary N) is 1. The molecule has 0 atom stereocenters. The van der Waals surface area contributed by atoms with Gasteiger partial charge in [0.05, 0.1) is 17.4 Å². The van der Waals surface area contributed by atoms with Crippen LogP contribution in [0.4, 0.5) is 10.1 Å². The summed E-state index contributed by atoms with van der Waals surface area (Å²) in [5.41, 5.74) is 7.68. The van der Waals surface area contributed by atoms with Crippen molar-refractivity contribution >= 4 is 27.5 Å². The van der Waals surface area contributed by atoms with E-state index in [1.165, 1.54) is 18.3 Å². The summed E-state index contributed by atoms with van der Waals surface area (Å²) in [5, 5.41) is 6.83. The Morgan fingerprint density at radius 1 is 1.25 bits per heavy atom. The van der Waals surface area contributed by atoms with Crippen molar-refractivity contribution in [2.45, 2.75) is 6.54 Å². The highest BCUT2D eigenvalue weighted by Gasteiger charge is 2.11.